The largest absolute Gasteiger partial charge is 0.379 e. The molecule has 2 rings (SSSR count). The Labute approximate surface area is 329 Å². The van der Waals surface area contributed by atoms with Crippen LogP contribution in [0.5, 0.6) is 0 Å². The van der Waals surface area contributed by atoms with Crippen LogP contribution < -0.4 is 0 Å². The molecule has 4 amide bonds. The molecule has 14 nitrogen and oxygen atoms in total. The van der Waals surface area contributed by atoms with Gasteiger partial charge in [-0.15, -0.1) is 5.06 Å². The van der Waals surface area contributed by atoms with Gasteiger partial charge < -0.3 is 29.0 Å². The number of ketones is 2. The zero-order valence-corrected chi connectivity index (χ0v) is 35.5. The third-order valence-electron chi connectivity index (χ3n) is 11.6. The summed E-state index contributed by atoms with van der Waals surface area (Å²) < 4.78 is 11.8. The van der Waals surface area contributed by atoms with E-state index in [0.717, 1.165) is 19.3 Å². The predicted molar refractivity (Wildman–Crippen MR) is 208 cm³/mol. The van der Waals surface area contributed by atoms with Crippen molar-refractivity contribution in [2.45, 2.75) is 143 Å². The van der Waals surface area contributed by atoms with Crippen molar-refractivity contribution in [3.8, 4) is 0 Å². The van der Waals surface area contributed by atoms with E-state index in [0.29, 0.717) is 18.0 Å². The van der Waals surface area contributed by atoms with E-state index in [2.05, 4.69) is 0 Å². The van der Waals surface area contributed by atoms with Gasteiger partial charge in [0.2, 0.25) is 11.8 Å². The molecule has 2 fully saturated rings. The Balaban J connectivity index is 2.19. The van der Waals surface area contributed by atoms with Crippen LogP contribution in [-0.4, -0.2) is 140 Å². The maximum Gasteiger partial charge on any atom is 0.325 e. The monoisotopic (exact) mass is 776 g/mol. The van der Waals surface area contributed by atoms with Crippen molar-refractivity contribution >= 4 is 48.4 Å². The minimum absolute atomic E-state index is 0.00157. The van der Waals surface area contributed by atoms with Crippen LogP contribution in [-0.2, 0) is 47.9 Å². The third-order valence-corrected chi connectivity index (χ3v) is 11.6. The summed E-state index contributed by atoms with van der Waals surface area (Å²) in [7, 11) is 8.28. The number of ether oxygens (including phenoxy) is 2. The zero-order chi connectivity index (χ0) is 41.7. The van der Waals surface area contributed by atoms with Crippen LogP contribution >= 0.6 is 0 Å². The van der Waals surface area contributed by atoms with E-state index >= 15 is 0 Å². The molecule has 0 aromatic carbocycles. The fourth-order valence-electron chi connectivity index (χ4n) is 8.29. The van der Waals surface area contributed by atoms with Crippen LogP contribution in [0.15, 0.2) is 0 Å². The van der Waals surface area contributed by atoms with E-state index in [1.165, 1.54) is 0 Å². The predicted octanol–water partition coefficient (Wildman–Crippen LogP) is 3.76. The molecule has 0 spiro atoms. The number of likely N-dealkylation sites (N-methyl/N-ethyl adjacent to an activating group) is 2. The summed E-state index contributed by atoms with van der Waals surface area (Å²) in [6, 6.07) is -1.24. The molecular weight excluding hydrogens is 707 g/mol. The Morgan fingerprint density at radius 1 is 0.873 bits per heavy atom. The van der Waals surface area contributed by atoms with Crippen LogP contribution in [0.1, 0.15) is 107 Å². The molecule has 0 saturated carbocycles. The molecule has 0 aliphatic carbocycles. The van der Waals surface area contributed by atoms with Crippen molar-refractivity contribution in [3.63, 3.8) is 0 Å². The minimum atomic E-state index is -0.748. The van der Waals surface area contributed by atoms with Gasteiger partial charge in [0.25, 0.3) is 11.8 Å². The highest BCUT2D eigenvalue weighted by Crippen LogP contribution is 2.31. The second-order valence-electron chi connectivity index (χ2n) is 16.1. The standard InChI is InChI=1S/C40H68BN4O10/c1-13-26(7)38(32(53-11)21-35(50)44-19-15-16-29(44)39(54-12)27(8)30(46)14-2)43(10)40(52)28(24(3)4)20-31(47)37(25(5)6)42(9)23-41-22-36(51)55-45-33(48)17-18-34(45)49/h24-29,32,37-39H,13-23H2,1-12H3/t26-,27-,28-,29-,32+,37-,38-,39+/m0/s1. The van der Waals surface area contributed by atoms with Gasteiger partial charge >= 0.3 is 5.97 Å². The summed E-state index contributed by atoms with van der Waals surface area (Å²) in [5, 5.41) is 0.513. The number of carbonyl (C=O) groups excluding carboxylic acids is 7. The molecule has 2 saturated heterocycles. The molecule has 0 N–H and O–H groups in total. The van der Waals surface area contributed by atoms with E-state index in [4.69, 9.17) is 14.3 Å². The van der Waals surface area contributed by atoms with Gasteiger partial charge in [-0.1, -0.05) is 61.8 Å². The van der Waals surface area contributed by atoms with Gasteiger partial charge in [-0.05, 0) is 44.1 Å². The van der Waals surface area contributed by atoms with Gasteiger partial charge in [0.1, 0.15) is 13.1 Å². The molecule has 311 valence electrons. The summed E-state index contributed by atoms with van der Waals surface area (Å²) in [6.07, 6.45) is 1.79. The van der Waals surface area contributed by atoms with Gasteiger partial charge in [-0.3, -0.25) is 33.6 Å². The Hall–Kier alpha value is -3.17. The van der Waals surface area contributed by atoms with E-state index in [1.807, 2.05) is 65.2 Å². The number of rotatable bonds is 24. The highest BCUT2D eigenvalue weighted by Gasteiger charge is 2.43. The highest BCUT2D eigenvalue weighted by atomic mass is 16.7. The van der Waals surface area contributed by atoms with Gasteiger partial charge in [-0.2, -0.15) is 0 Å². The van der Waals surface area contributed by atoms with Crippen molar-refractivity contribution in [1.82, 2.24) is 19.8 Å². The maximum absolute atomic E-state index is 14.4. The number of amides is 4. The molecular formula is C40H68BN4O10. The normalized spacial score (nSPS) is 20.0. The number of methoxy groups -OCH3 is 2. The second-order valence-corrected chi connectivity index (χ2v) is 16.1. The van der Waals surface area contributed by atoms with Crippen LogP contribution in [0.3, 0.4) is 0 Å². The summed E-state index contributed by atoms with van der Waals surface area (Å²) in [6.45, 7) is 16.0. The first-order chi connectivity index (χ1) is 25.9. The van der Waals surface area contributed by atoms with E-state index in [1.54, 1.807) is 40.5 Å². The zero-order valence-electron chi connectivity index (χ0n) is 35.5. The third kappa shape index (κ3) is 12.7. The highest BCUT2D eigenvalue weighted by molar-refractivity contribution is 6.41. The average molecular weight is 776 g/mol. The molecule has 15 heteroatoms. The lowest BCUT2D eigenvalue weighted by Gasteiger charge is -2.41. The number of carbonyl (C=O) groups is 7. The van der Waals surface area contributed by atoms with Gasteiger partial charge in [-0.25, -0.2) is 0 Å². The number of nitrogens with zero attached hydrogens (tertiary/aromatic N) is 4. The van der Waals surface area contributed by atoms with Crippen LogP contribution in [0.2, 0.25) is 6.32 Å². The smallest absolute Gasteiger partial charge is 0.325 e. The molecule has 1 radical (unpaired) electrons. The first-order valence-electron chi connectivity index (χ1n) is 20.1. The molecule has 0 aromatic heterocycles. The lowest BCUT2D eigenvalue weighted by molar-refractivity contribution is -0.195. The lowest BCUT2D eigenvalue weighted by Crippen LogP contribution is -2.54. The molecule has 2 heterocycles. The fourth-order valence-corrected chi connectivity index (χ4v) is 8.29. The van der Waals surface area contributed by atoms with E-state index < -0.39 is 48.0 Å². The molecule has 2 aliphatic rings. The quantitative estimate of drug-likeness (QED) is 0.104. The fraction of sp³-hybridized carbons (Fsp3) is 0.825. The molecule has 0 unspecified atom stereocenters. The van der Waals surface area contributed by atoms with Gasteiger partial charge in [0, 0.05) is 71.7 Å². The topological polar surface area (TPSA) is 160 Å². The first-order valence-corrected chi connectivity index (χ1v) is 20.1. The molecule has 0 aromatic rings. The average Bonchev–Trinajstić information content (AvgIpc) is 3.75. The number of hydrogen-bond acceptors (Lipinski definition) is 11. The summed E-state index contributed by atoms with van der Waals surface area (Å²) in [5.41, 5.74) is 0. The van der Waals surface area contributed by atoms with Crippen molar-refractivity contribution in [2.75, 3.05) is 41.3 Å². The van der Waals surface area contributed by atoms with Crippen molar-refractivity contribution in [2.24, 2.45) is 29.6 Å². The molecule has 2 aliphatic heterocycles. The SMILES string of the molecule is CCC(=O)[C@H](C)[C@@H](OC)[C@@H]1CCCN1C(=O)C[C@@H](OC)[C@H]([C@@H](C)CC)N(C)C(=O)[C@@H](CC(=O)[C@H](C(C)C)N(C)C[B]CC(=O)ON1C(=O)CCC1=O)C(C)C. The van der Waals surface area contributed by atoms with Crippen molar-refractivity contribution < 1.29 is 47.9 Å². The Kier molecular flexibility index (Phi) is 19.7. The van der Waals surface area contributed by atoms with Crippen LogP contribution in [0, 0.1) is 29.6 Å². The number of imide groups is 1. The summed E-state index contributed by atoms with van der Waals surface area (Å²) in [4.78, 5) is 101. The molecule has 0 bridgehead atoms. The van der Waals surface area contributed by atoms with E-state index in [9.17, 15) is 33.6 Å². The summed E-state index contributed by atoms with van der Waals surface area (Å²) in [5.74, 6) is -3.46. The van der Waals surface area contributed by atoms with Crippen molar-refractivity contribution in [3.05, 3.63) is 0 Å². The molecule has 8 atom stereocenters. The molecule has 55 heavy (non-hydrogen) atoms. The second kappa shape index (κ2) is 22.5. The van der Waals surface area contributed by atoms with Crippen LogP contribution in [0.4, 0.5) is 0 Å². The Bertz CT molecular complexity index is 1330. The van der Waals surface area contributed by atoms with Gasteiger partial charge in [0.15, 0.2) is 5.78 Å². The minimum Gasteiger partial charge on any atom is -0.379 e. The Morgan fingerprint density at radius 2 is 1.49 bits per heavy atom. The number of likely N-dealkylation sites (tertiary alicyclic amines) is 1. The van der Waals surface area contributed by atoms with E-state index in [-0.39, 0.29) is 91.5 Å². The number of hydrogen-bond donors (Lipinski definition) is 0. The summed E-state index contributed by atoms with van der Waals surface area (Å²) >= 11 is 0. The van der Waals surface area contributed by atoms with Crippen LogP contribution in [0.25, 0.3) is 0 Å². The number of hydroxylamine groups is 2. The maximum atomic E-state index is 14.4. The first kappa shape index (κ1) is 48.0. The number of Topliss-reactive ketones (excluding diaryl/α,β-unsaturated/α-hetero) is 2. The van der Waals surface area contributed by atoms with Gasteiger partial charge in [0.05, 0.1) is 36.8 Å². The lowest BCUT2D eigenvalue weighted by atomic mass is 9.73. The van der Waals surface area contributed by atoms with Crippen molar-refractivity contribution in [1.29, 1.82) is 0 Å². The Morgan fingerprint density at radius 3 is 2.00 bits per heavy atom.